The number of nitrogens with one attached hydrogen (secondary N) is 1. The van der Waals surface area contributed by atoms with E-state index in [0.717, 1.165) is 30.0 Å². The molecule has 0 aliphatic carbocycles. The normalized spacial score (nSPS) is 12.5. The van der Waals surface area contributed by atoms with Crippen LogP contribution < -0.4 is 5.32 Å². The Kier molecular flexibility index (Phi) is 7.23. The summed E-state index contributed by atoms with van der Waals surface area (Å²) in [7, 11) is 0. The molecule has 1 N–H and O–H groups in total. The minimum Gasteiger partial charge on any atom is -0.313 e. The molecule has 2 aromatic rings. The number of thioether (sulfide) groups is 1. The van der Waals surface area contributed by atoms with Crippen LogP contribution in [0.2, 0.25) is 0 Å². The fourth-order valence-electron chi connectivity index (χ4n) is 1.96. The fraction of sp³-hybridized carbons (Fsp3) is 0.375. The van der Waals surface area contributed by atoms with E-state index in [1.165, 1.54) is 21.5 Å². The van der Waals surface area contributed by atoms with Crippen molar-refractivity contribution in [3.8, 4) is 0 Å². The van der Waals surface area contributed by atoms with E-state index >= 15 is 0 Å². The third kappa shape index (κ3) is 5.74. The van der Waals surface area contributed by atoms with Gasteiger partial charge in [-0.05, 0) is 71.0 Å². The monoisotopic (exact) mass is 387 g/mol. The van der Waals surface area contributed by atoms with Crippen LogP contribution in [0, 0.1) is 5.82 Å². The van der Waals surface area contributed by atoms with Gasteiger partial charge in [0, 0.05) is 26.0 Å². The maximum absolute atomic E-state index is 12.9. The number of hydrogen-bond acceptors (Lipinski definition) is 3. The molecule has 2 rings (SSSR count). The van der Waals surface area contributed by atoms with Gasteiger partial charge < -0.3 is 5.32 Å². The predicted octanol–water partition coefficient (Wildman–Crippen LogP) is 5.35. The summed E-state index contributed by atoms with van der Waals surface area (Å²) in [5.74, 6) is 0.804. The summed E-state index contributed by atoms with van der Waals surface area (Å²) in [6.45, 7) is 3.20. The first-order valence-corrected chi connectivity index (χ1v) is 9.68. The van der Waals surface area contributed by atoms with Crippen LogP contribution in [-0.2, 0) is 6.42 Å². The highest BCUT2D eigenvalue weighted by Gasteiger charge is 2.12. The van der Waals surface area contributed by atoms with E-state index in [9.17, 15) is 4.39 Å². The van der Waals surface area contributed by atoms with Crippen LogP contribution in [0.3, 0.4) is 0 Å². The van der Waals surface area contributed by atoms with Crippen LogP contribution in [0.1, 0.15) is 18.2 Å². The number of thiophene rings is 1. The molecule has 0 bridgehead atoms. The Bertz CT molecular complexity index is 541. The zero-order valence-electron chi connectivity index (χ0n) is 11.9. The Morgan fingerprint density at radius 3 is 2.67 bits per heavy atom. The van der Waals surface area contributed by atoms with Gasteiger partial charge in [-0.2, -0.15) is 0 Å². The van der Waals surface area contributed by atoms with Crippen molar-refractivity contribution in [2.45, 2.75) is 30.7 Å². The maximum atomic E-state index is 12.9. The summed E-state index contributed by atoms with van der Waals surface area (Å²) in [5, 5.41) is 5.72. The summed E-state index contributed by atoms with van der Waals surface area (Å²) in [6.07, 6.45) is 2.15. The smallest absolute Gasteiger partial charge is 0.123 e. The third-order valence-corrected chi connectivity index (χ3v) is 6.19. The minimum atomic E-state index is -0.178. The Morgan fingerprint density at radius 2 is 2.05 bits per heavy atom. The third-order valence-electron chi connectivity index (χ3n) is 3.07. The molecule has 1 aromatic heterocycles. The second-order valence-corrected chi connectivity index (χ2v) is 7.76. The molecule has 0 fully saturated rings. The molecule has 1 atom stereocenters. The first kappa shape index (κ1) is 17.0. The molecule has 114 valence electrons. The topological polar surface area (TPSA) is 12.0 Å². The molecule has 1 heterocycles. The van der Waals surface area contributed by atoms with Gasteiger partial charge in [0.15, 0.2) is 0 Å². The molecule has 0 amide bonds. The average molecular weight is 388 g/mol. The van der Waals surface area contributed by atoms with Crippen LogP contribution in [-0.4, -0.2) is 18.3 Å². The second kappa shape index (κ2) is 8.93. The highest BCUT2D eigenvalue weighted by atomic mass is 79.9. The van der Waals surface area contributed by atoms with Crippen molar-refractivity contribution < 1.29 is 4.39 Å². The average Bonchev–Trinajstić information content (AvgIpc) is 2.89. The fourth-order valence-corrected chi connectivity index (χ4v) is 4.51. The predicted molar refractivity (Wildman–Crippen MR) is 94.9 cm³/mol. The number of rotatable bonds is 8. The molecule has 21 heavy (non-hydrogen) atoms. The molecule has 0 spiro atoms. The lowest BCUT2D eigenvalue weighted by atomic mass is 10.2. The molecule has 0 aliphatic rings. The van der Waals surface area contributed by atoms with Crippen LogP contribution in [0.5, 0.6) is 0 Å². The van der Waals surface area contributed by atoms with Crippen LogP contribution in [0.25, 0.3) is 0 Å². The molecular weight excluding hydrogens is 369 g/mol. The van der Waals surface area contributed by atoms with Gasteiger partial charge in [-0.1, -0.05) is 6.92 Å². The quantitative estimate of drug-likeness (QED) is 0.612. The summed E-state index contributed by atoms with van der Waals surface area (Å²) >= 11 is 7.17. The molecule has 0 saturated carbocycles. The van der Waals surface area contributed by atoms with E-state index in [1.54, 1.807) is 23.1 Å². The molecule has 1 aromatic carbocycles. The molecule has 5 heteroatoms. The van der Waals surface area contributed by atoms with E-state index in [0.29, 0.717) is 6.04 Å². The van der Waals surface area contributed by atoms with Gasteiger partial charge in [0.25, 0.3) is 0 Å². The largest absolute Gasteiger partial charge is 0.313 e. The van der Waals surface area contributed by atoms with E-state index in [1.807, 2.05) is 12.1 Å². The number of hydrogen-bond donors (Lipinski definition) is 1. The highest BCUT2D eigenvalue weighted by Crippen LogP contribution is 2.26. The van der Waals surface area contributed by atoms with Crippen molar-refractivity contribution in [3.05, 3.63) is 50.9 Å². The van der Waals surface area contributed by atoms with Gasteiger partial charge >= 0.3 is 0 Å². The van der Waals surface area contributed by atoms with Crippen molar-refractivity contribution in [3.63, 3.8) is 0 Å². The molecule has 1 unspecified atom stereocenters. The zero-order chi connectivity index (χ0) is 15.1. The zero-order valence-corrected chi connectivity index (χ0v) is 15.2. The molecule has 1 nitrogen and oxygen atoms in total. The number of benzene rings is 1. The van der Waals surface area contributed by atoms with Crippen molar-refractivity contribution >= 4 is 39.0 Å². The highest BCUT2D eigenvalue weighted by molar-refractivity contribution is 9.10. The Labute approximate surface area is 142 Å². The summed E-state index contributed by atoms with van der Waals surface area (Å²) in [6, 6.07) is 9.26. The Balaban J connectivity index is 1.92. The van der Waals surface area contributed by atoms with E-state index in [2.05, 4.69) is 39.6 Å². The van der Waals surface area contributed by atoms with E-state index in [-0.39, 0.29) is 5.82 Å². The van der Waals surface area contributed by atoms with Gasteiger partial charge in [-0.15, -0.1) is 23.1 Å². The van der Waals surface area contributed by atoms with Gasteiger partial charge in [-0.25, -0.2) is 4.39 Å². The van der Waals surface area contributed by atoms with E-state index < -0.39 is 0 Å². The van der Waals surface area contributed by atoms with E-state index in [4.69, 9.17) is 0 Å². The Morgan fingerprint density at radius 1 is 1.29 bits per heavy atom. The van der Waals surface area contributed by atoms with Crippen LogP contribution >= 0.6 is 39.0 Å². The summed E-state index contributed by atoms with van der Waals surface area (Å²) in [4.78, 5) is 2.49. The lowest BCUT2D eigenvalue weighted by molar-refractivity contribution is 0.552. The Hall–Kier alpha value is -0.360. The molecule has 0 radical (unpaired) electrons. The maximum Gasteiger partial charge on any atom is 0.123 e. The first-order valence-electron chi connectivity index (χ1n) is 7.02. The number of halogens is 2. The van der Waals surface area contributed by atoms with Crippen molar-refractivity contribution in [1.82, 2.24) is 5.32 Å². The van der Waals surface area contributed by atoms with Crippen molar-refractivity contribution in [2.24, 2.45) is 0 Å². The lowest BCUT2D eigenvalue weighted by Crippen LogP contribution is -2.33. The second-order valence-electron chi connectivity index (χ2n) is 4.81. The van der Waals surface area contributed by atoms with Gasteiger partial charge in [0.05, 0.1) is 0 Å². The van der Waals surface area contributed by atoms with Gasteiger partial charge in [0.1, 0.15) is 5.82 Å². The summed E-state index contributed by atoms with van der Waals surface area (Å²) < 4.78 is 14.1. The van der Waals surface area contributed by atoms with Crippen molar-refractivity contribution in [2.75, 3.05) is 12.3 Å². The standard InChI is InChI=1S/C16H19BrFNS2/c1-2-8-19-13(10-16-15(17)7-9-20-16)11-21-14-5-3-12(18)4-6-14/h3-7,9,13,19H,2,8,10-11H2,1H3. The van der Waals surface area contributed by atoms with Gasteiger partial charge in [0.2, 0.25) is 0 Å². The van der Waals surface area contributed by atoms with Gasteiger partial charge in [-0.3, -0.25) is 0 Å². The van der Waals surface area contributed by atoms with Crippen molar-refractivity contribution in [1.29, 1.82) is 0 Å². The lowest BCUT2D eigenvalue weighted by Gasteiger charge is -2.18. The van der Waals surface area contributed by atoms with Crippen LogP contribution in [0.15, 0.2) is 45.1 Å². The molecule has 0 saturated heterocycles. The first-order chi connectivity index (χ1) is 10.2. The molecule has 0 aliphatic heterocycles. The SMILES string of the molecule is CCCNC(CSc1ccc(F)cc1)Cc1sccc1Br. The van der Waals surface area contributed by atoms with Crippen LogP contribution in [0.4, 0.5) is 4.39 Å². The molecular formula is C16H19BrFNS2. The summed E-state index contributed by atoms with van der Waals surface area (Å²) in [5.41, 5.74) is 0. The minimum absolute atomic E-state index is 0.178.